The highest BCUT2D eigenvalue weighted by Gasteiger charge is 2.18. The molecule has 1 N–H and O–H groups in total. The predicted molar refractivity (Wildman–Crippen MR) is 92.5 cm³/mol. The van der Waals surface area contributed by atoms with Gasteiger partial charge in [-0.3, -0.25) is 9.78 Å². The van der Waals surface area contributed by atoms with E-state index >= 15 is 0 Å². The zero-order valence-corrected chi connectivity index (χ0v) is 13.3. The van der Waals surface area contributed by atoms with Gasteiger partial charge in [0.25, 0.3) is 0 Å². The first-order chi connectivity index (χ1) is 10.7. The van der Waals surface area contributed by atoms with Gasteiger partial charge in [0.05, 0.1) is 15.8 Å². The lowest BCUT2D eigenvalue weighted by Crippen LogP contribution is -2.04. The number of hydrogen-bond acceptors (Lipinski definition) is 5. The topological polar surface area (TPSA) is 54.9 Å². The number of amides is 1. The Hall–Kier alpha value is -2.31. The lowest BCUT2D eigenvalue weighted by atomic mass is 10.2. The second-order valence-corrected chi connectivity index (χ2v) is 6.93. The summed E-state index contributed by atoms with van der Waals surface area (Å²) in [6.45, 7) is 1.52. The maximum Gasteiger partial charge on any atom is 0.221 e. The first-order valence-electron chi connectivity index (χ1n) is 6.72. The van der Waals surface area contributed by atoms with E-state index in [0.29, 0.717) is 0 Å². The number of thiazole rings is 1. The summed E-state index contributed by atoms with van der Waals surface area (Å²) in [5, 5.41) is 5.68. The van der Waals surface area contributed by atoms with Crippen LogP contribution in [0.15, 0.2) is 42.7 Å². The zero-order valence-electron chi connectivity index (χ0n) is 11.7. The summed E-state index contributed by atoms with van der Waals surface area (Å²) in [7, 11) is 0. The molecule has 0 atom stereocenters. The minimum Gasteiger partial charge on any atom is -0.317 e. The number of pyridine rings is 1. The number of carbonyl (C=O) groups is 1. The van der Waals surface area contributed by atoms with Crippen LogP contribution >= 0.6 is 22.7 Å². The monoisotopic (exact) mass is 325 g/mol. The summed E-state index contributed by atoms with van der Waals surface area (Å²) >= 11 is 3.18. The Labute approximate surface area is 134 Å². The molecule has 0 aliphatic carbocycles. The SMILES string of the molecule is CC(=O)Nc1sc2ccncc2c1-c1nc2ccccc2s1. The van der Waals surface area contributed by atoms with Crippen LogP contribution in [0.1, 0.15) is 6.92 Å². The van der Waals surface area contributed by atoms with Gasteiger partial charge in [-0.1, -0.05) is 12.1 Å². The van der Waals surface area contributed by atoms with Crippen LogP contribution in [0.3, 0.4) is 0 Å². The standard InChI is InChI=1S/C16H11N3OS2/c1-9(20)18-15-14(10-8-17-7-6-12(10)21-15)16-19-11-4-2-3-5-13(11)22-16/h2-8H,1H3,(H,18,20). The quantitative estimate of drug-likeness (QED) is 0.589. The number of hydrogen-bond donors (Lipinski definition) is 1. The van der Waals surface area contributed by atoms with E-state index in [1.807, 2.05) is 30.5 Å². The number of aromatic nitrogens is 2. The van der Waals surface area contributed by atoms with Gasteiger partial charge in [-0.15, -0.1) is 22.7 Å². The van der Waals surface area contributed by atoms with Gasteiger partial charge in [0.15, 0.2) is 0 Å². The molecule has 0 aliphatic rings. The van der Waals surface area contributed by atoms with E-state index in [4.69, 9.17) is 4.98 Å². The second kappa shape index (κ2) is 5.15. The lowest BCUT2D eigenvalue weighted by molar-refractivity contribution is -0.114. The third-order valence-corrected chi connectivity index (χ3v) is 5.43. The summed E-state index contributed by atoms with van der Waals surface area (Å²) in [6.07, 6.45) is 3.59. The molecule has 1 aromatic carbocycles. The Balaban J connectivity index is 2.00. The molecule has 0 spiro atoms. The fourth-order valence-corrected chi connectivity index (χ4v) is 4.59. The first-order valence-corrected chi connectivity index (χ1v) is 8.36. The Morgan fingerprint density at radius 2 is 2.00 bits per heavy atom. The van der Waals surface area contributed by atoms with Gasteiger partial charge in [-0.2, -0.15) is 0 Å². The molecule has 3 aromatic heterocycles. The number of nitrogens with one attached hydrogen (secondary N) is 1. The van der Waals surface area contributed by atoms with Gasteiger partial charge in [-0.05, 0) is 18.2 Å². The number of fused-ring (bicyclic) bond motifs is 2. The molecule has 0 aliphatic heterocycles. The van der Waals surface area contributed by atoms with Gasteiger partial charge in [0.1, 0.15) is 10.0 Å². The smallest absolute Gasteiger partial charge is 0.221 e. The summed E-state index contributed by atoms with van der Waals surface area (Å²) in [5.74, 6) is -0.0816. The molecule has 0 saturated carbocycles. The van der Waals surface area contributed by atoms with Crippen molar-refractivity contribution in [1.29, 1.82) is 0 Å². The molecule has 4 aromatic rings. The summed E-state index contributed by atoms with van der Waals surface area (Å²) in [5.41, 5.74) is 1.93. The van der Waals surface area contributed by atoms with Crippen molar-refractivity contribution in [3.63, 3.8) is 0 Å². The minimum absolute atomic E-state index is 0.0816. The maximum absolute atomic E-state index is 11.5. The van der Waals surface area contributed by atoms with Crippen LogP contribution in [0.25, 0.3) is 30.9 Å². The van der Waals surface area contributed by atoms with Crippen molar-refractivity contribution in [2.45, 2.75) is 6.92 Å². The fourth-order valence-electron chi connectivity index (χ4n) is 2.38. The van der Waals surface area contributed by atoms with Crippen molar-refractivity contribution in [3.05, 3.63) is 42.7 Å². The molecule has 108 valence electrons. The molecule has 3 heterocycles. The normalized spacial score (nSPS) is 11.1. The van der Waals surface area contributed by atoms with E-state index in [1.165, 1.54) is 6.92 Å². The molecule has 1 amide bonds. The summed E-state index contributed by atoms with van der Waals surface area (Å²) < 4.78 is 2.22. The number of rotatable bonds is 2. The molecule has 4 nitrogen and oxygen atoms in total. The van der Waals surface area contributed by atoms with Crippen molar-refractivity contribution in [2.24, 2.45) is 0 Å². The van der Waals surface area contributed by atoms with Gasteiger partial charge >= 0.3 is 0 Å². The van der Waals surface area contributed by atoms with Crippen molar-refractivity contribution in [3.8, 4) is 10.6 Å². The average Bonchev–Trinajstić information content (AvgIpc) is 3.06. The summed E-state index contributed by atoms with van der Waals surface area (Å²) in [6, 6.07) is 10.0. The van der Waals surface area contributed by atoms with Crippen LogP contribution in [0, 0.1) is 0 Å². The van der Waals surface area contributed by atoms with E-state index in [2.05, 4.69) is 16.4 Å². The number of anilines is 1. The van der Waals surface area contributed by atoms with E-state index in [9.17, 15) is 4.79 Å². The third-order valence-electron chi connectivity index (χ3n) is 3.29. The second-order valence-electron chi connectivity index (χ2n) is 4.85. The van der Waals surface area contributed by atoms with Gasteiger partial charge in [-0.25, -0.2) is 4.98 Å². The highest BCUT2D eigenvalue weighted by atomic mass is 32.1. The molecule has 0 bridgehead atoms. The number of nitrogens with zero attached hydrogens (tertiary/aromatic N) is 2. The molecule has 4 rings (SSSR count). The Bertz CT molecular complexity index is 970. The lowest BCUT2D eigenvalue weighted by Gasteiger charge is -2.01. The number of para-hydroxylation sites is 1. The fraction of sp³-hybridized carbons (Fsp3) is 0.0625. The Morgan fingerprint density at radius 1 is 1.14 bits per heavy atom. The van der Waals surface area contributed by atoms with Crippen LogP contribution in [0.5, 0.6) is 0 Å². The highest BCUT2D eigenvalue weighted by Crippen LogP contribution is 2.44. The highest BCUT2D eigenvalue weighted by molar-refractivity contribution is 7.25. The van der Waals surface area contributed by atoms with Gasteiger partial charge in [0, 0.05) is 29.4 Å². The van der Waals surface area contributed by atoms with Crippen LogP contribution in [-0.4, -0.2) is 15.9 Å². The third kappa shape index (κ3) is 2.17. The molecule has 0 fully saturated rings. The van der Waals surface area contributed by atoms with Gasteiger partial charge < -0.3 is 5.32 Å². The number of carbonyl (C=O) groups excluding carboxylic acids is 1. The number of thiophene rings is 1. The van der Waals surface area contributed by atoms with Crippen molar-refractivity contribution >= 4 is 53.9 Å². The van der Waals surface area contributed by atoms with E-state index in [1.54, 1.807) is 28.9 Å². The van der Waals surface area contributed by atoms with Crippen LogP contribution < -0.4 is 5.32 Å². The van der Waals surface area contributed by atoms with E-state index < -0.39 is 0 Å². The van der Waals surface area contributed by atoms with Crippen LogP contribution in [0.2, 0.25) is 0 Å². The van der Waals surface area contributed by atoms with Crippen LogP contribution in [0.4, 0.5) is 5.00 Å². The van der Waals surface area contributed by atoms with Crippen LogP contribution in [-0.2, 0) is 4.79 Å². The van der Waals surface area contributed by atoms with E-state index in [-0.39, 0.29) is 5.91 Å². The molecule has 0 unspecified atom stereocenters. The van der Waals surface area contributed by atoms with E-state index in [0.717, 1.165) is 35.9 Å². The first kappa shape index (κ1) is 13.4. The minimum atomic E-state index is -0.0816. The predicted octanol–water partition coefficient (Wildman–Crippen LogP) is 4.53. The number of benzene rings is 1. The maximum atomic E-state index is 11.5. The molecule has 0 radical (unpaired) electrons. The molecule has 0 saturated heterocycles. The average molecular weight is 325 g/mol. The van der Waals surface area contributed by atoms with Crippen molar-refractivity contribution in [1.82, 2.24) is 9.97 Å². The summed E-state index contributed by atoms with van der Waals surface area (Å²) in [4.78, 5) is 20.4. The van der Waals surface area contributed by atoms with Crippen molar-refractivity contribution < 1.29 is 4.79 Å². The molecule has 22 heavy (non-hydrogen) atoms. The largest absolute Gasteiger partial charge is 0.317 e. The van der Waals surface area contributed by atoms with Gasteiger partial charge in [0.2, 0.25) is 5.91 Å². The molecular weight excluding hydrogens is 314 g/mol. The Kier molecular flexibility index (Phi) is 3.13. The van der Waals surface area contributed by atoms with Crippen molar-refractivity contribution in [2.75, 3.05) is 5.32 Å². The molecular formula is C16H11N3OS2. The Morgan fingerprint density at radius 3 is 2.82 bits per heavy atom. The zero-order chi connectivity index (χ0) is 15.1. The molecule has 6 heteroatoms.